The van der Waals surface area contributed by atoms with Crippen LogP contribution in [0.4, 0.5) is 4.39 Å². The van der Waals surface area contributed by atoms with Gasteiger partial charge in [-0.1, -0.05) is 22.0 Å². The van der Waals surface area contributed by atoms with E-state index in [2.05, 4.69) is 26.0 Å². The molecule has 0 amide bonds. The number of fused-ring (bicyclic) bond motifs is 1. The summed E-state index contributed by atoms with van der Waals surface area (Å²) >= 11 is 3.20. The van der Waals surface area contributed by atoms with Crippen molar-refractivity contribution in [1.82, 2.24) is 14.6 Å². The number of benzene rings is 1. The fraction of sp³-hybridized carbons (Fsp3) is 0. The predicted molar refractivity (Wildman–Crippen MR) is 73.0 cm³/mol. The number of pyridine rings is 1. The minimum atomic E-state index is -1.10. The first-order chi connectivity index (χ1) is 9.54. The Labute approximate surface area is 120 Å². The first-order valence-corrected chi connectivity index (χ1v) is 6.39. The Balaban J connectivity index is 2.23. The van der Waals surface area contributed by atoms with Gasteiger partial charge in [0.25, 0.3) is 0 Å². The Bertz CT molecular complexity index is 811. The molecule has 0 fully saturated rings. The van der Waals surface area contributed by atoms with Crippen LogP contribution in [0, 0.1) is 5.82 Å². The van der Waals surface area contributed by atoms with Crippen LogP contribution in [-0.2, 0) is 0 Å². The zero-order valence-electron chi connectivity index (χ0n) is 9.92. The molecule has 0 unspecified atom stereocenters. The van der Waals surface area contributed by atoms with E-state index < -0.39 is 11.8 Å². The molecule has 0 radical (unpaired) electrons. The summed E-state index contributed by atoms with van der Waals surface area (Å²) in [6, 6.07) is 8.92. The fourth-order valence-corrected chi connectivity index (χ4v) is 2.34. The average molecular weight is 336 g/mol. The number of halogens is 2. The zero-order chi connectivity index (χ0) is 14.3. The molecule has 0 aliphatic rings. The van der Waals surface area contributed by atoms with Gasteiger partial charge in [0, 0.05) is 10.0 Å². The van der Waals surface area contributed by atoms with Crippen LogP contribution in [0.2, 0.25) is 0 Å². The molecule has 0 spiro atoms. The Hall–Kier alpha value is -2.28. The van der Waals surface area contributed by atoms with Crippen molar-refractivity contribution in [1.29, 1.82) is 0 Å². The van der Waals surface area contributed by atoms with Gasteiger partial charge in [-0.25, -0.2) is 18.7 Å². The van der Waals surface area contributed by atoms with Crippen LogP contribution in [0.15, 0.2) is 40.9 Å². The number of hydrogen-bond donors (Lipinski definition) is 1. The second kappa shape index (κ2) is 4.68. The van der Waals surface area contributed by atoms with E-state index in [0.717, 1.165) is 0 Å². The summed E-state index contributed by atoms with van der Waals surface area (Å²) in [4.78, 5) is 15.3. The topological polar surface area (TPSA) is 67.5 Å². The SMILES string of the molecule is O=C(O)c1cccc2nc(-c3cc(F)cc(Br)c3)nn12. The molecule has 2 heterocycles. The summed E-state index contributed by atoms with van der Waals surface area (Å²) in [6.45, 7) is 0. The van der Waals surface area contributed by atoms with Crippen molar-refractivity contribution in [2.75, 3.05) is 0 Å². The van der Waals surface area contributed by atoms with Crippen LogP contribution in [0.1, 0.15) is 10.5 Å². The number of aromatic carboxylic acids is 1. The lowest BCUT2D eigenvalue weighted by molar-refractivity contribution is 0.0687. The number of rotatable bonds is 2. The minimum absolute atomic E-state index is 0.00304. The summed E-state index contributed by atoms with van der Waals surface area (Å²) in [5, 5.41) is 13.2. The Kier molecular flexibility index (Phi) is 2.98. The van der Waals surface area contributed by atoms with Gasteiger partial charge in [0.1, 0.15) is 5.82 Å². The molecule has 0 bridgehead atoms. The van der Waals surface area contributed by atoms with Gasteiger partial charge in [-0.3, -0.25) is 0 Å². The number of carbonyl (C=O) groups is 1. The molecule has 3 rings (SSSR count). The molecule has 0 saturated heterocycles. The van der Waals surface area contributed by atoms with Crippen LogP contribution in [0.3, 0.4) is 0 Å². The van der Waals surface area contributed by atoms with Crippen molar-refractivity contribution in [3.63, 3.8) is 0 Å². The van der Waals surface area contributed by atoms with Gasteiger partial charge >= 0.3 is 5.97 Å². The van der Waals surface area contributed by atoms with Crippen molar-refractivity contribution >= 4 is 27.5 Å². The van der Waals surface area contributed by atoms with Crippen LogP contribution in [0.5, 0.6) is 0 Å². The van der Waals surface area contributed by atoms with Crippen LogP contribution in [0.25, 0.3) is 17.0 Å². The summed E-state index contributed by atoms with van der Waals surface area (Å²) in [6.07, 6.45) is 0. The molecule has 1 N–H and O–H groups in total. The maximum absolute atomic E-state index is 13.4. The van der Waals surface area contributed by atoms with Crippen LogP contribution < -0.4 is 0 Å². The van der Waals surface area contributed by atoms with Crippen molar-refractivity contribution in [2.45, 2.75) is 0 Å². The van der Waals surface area contributed by atoms with Crippen molar-refractivity contribution in [3.05, 3.63) is 52.4 Å². The van der Waals surface area contributed by atoms with Crippen molar-refractivity contribution in [3.8, 4) is 11.4 Å². The average Bonchev–Trinajstić information content (AvgIpc) is 2.80. The zero-order valence-corrected chi connectivity index (χ0v) is 11.5. The third kappa shape index (κ3) is 2.16. The standard InChI is InChI=1S/C13H7BrFN3O2/c14-8-4-7(5-9(15)6-8)12-16-11-3-1-2-10(13(19)20)18(11)17-12/h1-6H,(H,19,20). The molecule has 5 nitrogen and oxygen atoms in total. The summed E-state index contributed by atoms with van der Waals surface area (Å²) in [5.74, 6) is -1.27. The van der Waals surface area contributed by atoms with Gasteiger partial charge in [-0.05, 0) is 30.3 Å². The van der Waals surface area contributed by atoms with Crippen molar-refractivity contribution < 1.29 is 14.3 Å². The largest absolute Gasteiger partial charge is 0.477 e. The predicted octanol–water partition coefficient (Wildman–Crippen LogP) is 3.00. The van der Waals surface area contributed by atoms with E-state index in [0.29, 0.717) is 15.7 Å². The summed E-state index contributed by atoms with van der Waals surface area (Å²) < 4.78 is 15.2. The number of hydrogen-bond acceptors (Lipinski definition) is 3. The highest BCUT2D eigenvalue weighted by Crippen LogP contribution is 2.23. The molecule has 1 aromatic carbocycles. The van der Waals surface area contributed by atoms with E-state index in [1.807, 2.05) is 0 Å². The van der Waals surface area contributed by atoms with Gasteiger partial charge in [-0.15, -0.1) is 5.10 Å². The Morgan fingerprint density at radius 1 is 1.30 bits per heavy atom. The number of aromatic nitrogens is 3. The number of carboxylic acids is 1. The van der Waals surface area contributed by atoms with Gasteiger partial charge < -0.3 is 5.11 Å². The van der Waals surface area contributed by atoms with Crippen LogP contribution in [-0.4, -0.2) is 25.7 Å². The van der Waals surface area contributed by atoms with E-state index in [9.17, 15) is 9.18 Å². The third-order valence-corrected chi connectivity index (χ3v) is 3.16. The lowest BCUT2D eigenvalue weighted by Gasteiger charge is -1.97. The summed E-state index contributed by atoms with van der Waals surface area (Å²) in [5.41, 5.74) is 0.855. The normalized spacial score (nSPS) is 10.9. The molecule has 20 heavy (non-hydrogen) atoms. The smallest absolute Gasteiger partial charge is 0.354 e. The molecule has 0 saturated carbocycles. The van der Waals surface area contributed by atoms with E-state index in [1.54, 1.807) is 18.2 Å². The molecule has 3 aromatic rings. The van der Waals surface area contributed by atoms with Gasteiger partial charge in [0.2, 0.25) is 0 Å². The highest BCUT2D eigenvalue weighted by Gasteiger charge is 2.13. The van der Waals surface area contributed by atoms with E-state index in [4.69, 9.17) is 5.11 Å². The third-order valence-electron chi connectivity index (χ3n) is 2.70. The molecule has 0 aliphatic heterocycles. The monoisotopic (exact) mass is 335 g/mol. The van der Waals surface area contributed by atoms with Crippen LogP contribution >= 0.6 is 15.9 Å². The van der Waals surface area contributed by atoms with Crippen molar-refractivity contribution in [2.24, 2.45) is 0 Å². The lowest BCUT2D eigenvalue weighted by atomic mass is 10.2. The second-order valence-corrected chi connectivity index (χ2v) is 5.00. The molecular formula is C13H7BrFN3O2. The van der Waals surface area contributed by atoms with Gasteiger partial charge in [0.15, 0.2) is 17.2 Å². The molecule has 0 atom stereocenters. The fourth-order valence-electron chi connectivity index (χ4n) is 1.87. The second-order valence-electron chi connectivity index (χ2n) is 4.08. The first kappa shape index (κ1) is 12.7. The van der Waals surface area contributed by atoms with Gasteiger partial charge in [-0.2, -0.15) is 0 Å². The molecular weight excluding hydrogens is 329 g/mol. The number of nitrogens with zero attached hydrogens (tertiary/aromatic N) is 3. The molecule has 2 aromatic heterocycles. The molecule has 7 heteroatoms. The highest BCUT2D eigenvalue weighted by molar-refractivity contribution is 9.10. The van der Waals surface area contributed by atoms with E-state index >= 15 is 0 Å². The number of carboxylic acid groups (broad SMARTS) is 1. The quantitative estimate of drug-likeness (QED) is 0.781. The minimum Gasteiger partial charge on any atom is -0.477 e. The summed E-state index contributed by atoms with van der Waals surface area (Å²) in [7, 11) is 0. The Morgan fingerprint density at radius 3 is 2.80 bits per heavy atom. The highest BCUT2D eigenvalue weighted by atomic mass is 79.9. The van der Waals surface area contributed by atoms with Gasteiger partial charge in [0.05, 0.1) is 0 Å². The molecule has 0 aliphatic carbocycles. The first-order valence-electron chi connectivity index (χ1n) is 5.60. The maximum Gasteiger partial charge on any atom is 0.354 e. The van der Waals surface area contributed by atoms with E-state index in [-0.39, 0.29) is 11.5 Å². The van der Waals surface area contributed by atoms with E-state index in [1.165, 1.54) is 22.7 Å². The molecule has 100 valence electrons. The maximum atomic E-state index is 13.4. The Morgan fingerprint density at radius 2 is 2.10 bits per heavy atom. The lowest BCUT2D eigenvalue weighted by Crippen LogP contribution is -2.05.